The number of carbonyl (C=O) groups excluding carboxylic acids is 2. The quantitative estimate of drug-likeness (QED) is 0.590. The van der Waals surface area contributed by atoms with Gasteiger partial charge in [-0.15, -0.1) is 10.2 Å². The predicted molar refractivity (Wildman–Crippen MR) is 119 cm³/mol. The van der Waals surface area contributed by atoms with Crippen LogP contribution in [0.3, 0.4) is 0 Å². The maximum Gasteiger partial charge on any atom is 0.243 e. The number of thioether (sulfide) groups is 1. The average Bonchev–Trinajstić information content (AvgIpc) is 3.08. The molecule has 0 saturated carbocycles. The van der Waals surface area contributed by atoms with Gasteiger partial charge >= 0.3 is 0 Å². The van der Waals surface area contributed by atoms with Crippen LogP contribution in [0.2, 0.25) is 0 Å². The Bertz CT molecular complexity index is 1050. The van der Waals surface area contributed by atoms with Gasteiger partial charge in [-0.25, -0.2) is 0 Å². The molecule has 3 rings (SSSR count). The SMILES string of the molecule is Cc1ccc(NC(=O)CN(C)C(=O)CSc2nnc(-c3ccccc3C)n2C)cc1. The molecule has 1 heterocycles. The van der Waals surface area contributed by atoms with Gasteiger partial charge in [0.25, 0.3) is 0 Å². The minimum Gasteiger partial charge on any atom is -0.336 e. The van der Waals surface area contributed by atoms with Gasteiger partial charge in [0.15, 0.2) is 11.0 Å². The van der Waals surface area contributed by atoms with Gasteiger partial charge in [0, 0.05) is 25.3 Å². The molecule has 0 aliphatic rings. The highest BCUT2D eigenvalue weighted by Gasteiger charge is 2.17. The van der Waals surface area contributed by atoms with Crippen LogP contribution >= 0.6 is 11.8 Å². The first kappa shape index (κ1) is 21.6. The Balaban J connectivity index is 1.54. The van der Waals surface area contributed by atoms with Crippen molar-refractivity contribution in [3.63, 3.8) is 0 Å². The molecule has 0 saturated heterocycles. The predicted octanol–water partition coefficient (Wildman–Crippen LogP) is 3.29. The van der Waals surface area contributed by atoms with Crippen molar-refractivity contribution in [1.82, 2.24) is 19.7 Å². The van der Waals surface area contributed by atoms with Crippen molar-refractivity contribution in [3.05, 3.63) is 59.7 Å². The lowest BCUT2D eigenvalue weighted by Gasteiger charge is -2.16. The molecule has 7 nitrogen and oxygen atoms in total. The zero-order valence-electron chi connectivity index (χ0n) is 17.5. The topological polar surface area (TPSA) is 80.1 Å². The van der Waals surface area contributed by atoms with Crippen molar-refractivity contribution >= 4 is 29.3 Å². The summed E-state index contributed by atoms with van der Waals surface area (Å²) in [7, 11) is 3.50. The Kier molecular flexibility index (Phi) is 6.89. The molecule has 0 spiro atoms. The number of carbonyl (C=O) groups is 2. The van der Waals surface area contributed by atoms with Crippen LogP contribution in [-0.2, 0) is 16.6 Å². The van der Waals surface area contributed by atoms with Gasteiger partial charge in [-0.1, -0.05) is 53.7 Å². The lowest BCUT2D eigenvalue weighted by Crippen LogP contribution is -2.36. The molecule has 0 radical (unpaired) electrons. The highest BCUT2D eigenvalue weighted by atomic mass is 32.2. The number of nitrogens with one attached hydrogen (secondary N) is 1. The third-order valence-electron chi connectivity index (χ3n) is 4.69. The van der Waals surface area contributed by atoms with E-state index in [0.717, 1.165) is 22.5 Å². The van der Waals surface area contributed by atoms with Gasteiger partial charge in [0.2, 0.25) is 11.8 Å². The van der Waals surface area contributed by atoms with Gasteiger partial charge in [0.1, 0.15) is 0 Å². The summed E-state index contributed by atoms with van der Waals surface area (Å²) in [6.45, 7) is 3.99. The number of likely N-dealkylation sites (N-methyl/N-ethyl adjacent to an activating group) is 1. The molecule has 2 aromatic carbocycles. The second kappa shape index (κ2) is 9.58. The molecule has 0 bridgehead atoms. The van der Waals surface area contributed by atoms with Crippen molar-refractivity contribution < 1.29 is 9.59 Å². The van der Waals surface area contributed by atoms with E-state index >= 15 is 0 Å². The maximum atomic E-state index is 12.5. The Morgan fingerprint density at radius 2 is 1.77 bits per heavy atom. The van der Waals surface area contributed by atoms with Gasteiger partial charge < -0.3 is 14.8 Å². The number of nitrogens with zero attached hydrogens (tertiary/aromatic N) is 4. The molecule has 0 aliphatic heterocycles. The van der Waals surface area contributed by atoms with Crippen LogP contribution in [0.15, 0.2) is 53.7 Å². The summed E-state index contributed by atoms with van der Waals surface area (Å²) in [5.74, 6) is 0.544. The third-order valence-corrected chi connectivity index (χ3v) is 5.69. The van der Waals surface area contributed by atoms with Gasteiger partial charge in [0.05, 0.1) is 12.3 Å². The number of anilines is 1. The molecule has 0 aliphatic carbocycles. The first-order valence-electron chi connectivity index (χ1n) is 9.54. The van der Waals surface area contributed by atoms with E-state index in [-0.39, 0.29) is 24.1 Å². The Morgan fingerprint density at radius 3 is 2.47 bits per heavy atom. The molecule has 0 atom stereocenters. The molecule has 1 N–H and O–H groups in total. The fourth-order valence-electron chi connectivity index (χ4n) is 2.88. The molecular weight excluding hydrogens is 398 g/mol. The van der Waals surface area contributed by atoms with Crippen LogP contribution in [0.25, 0.3) is 11.4 Å². The van der Waals surface area contributed by atoms with Crippen LogP contribution in [0, 0.1) is 13.8 Å². The molecule has 2 amide bonds. The summed E-state index contributed by atoms with van der Waals surface area (Å²) in [5.41, 5.74) is 3.95. The van der Waals surface area contributed by atoms with Crippen molar-refractivity contribution in [1.29, 1.82) is 0 Å². The highest BCUT2D eigenvalue weighted by Crippen LogP contribution is 2.25. The third kappa shape index (κ3) is 5.27. The summed E-state index contributed by atoms with van der Waals surface area (Å²) in [5, 5.41) is 11.9. The minimum absolute atomic E-state index is 0.0133. The summed E-state index contributed by atoms with van der Waals surface area (Å²) in [4.78, 5) is 26.1. The normalized spacial score (nSPS) is 10.7. The standard InChI is InChI=1S/C22H25N5O2S/c1-15-9-11-17(12-10-15)23-19(28)13-26(3)20(29)14-30-22-25-24-21(27(22)4)18-8-6-5-7-16(18)2/h5-12H,13-14H2,1-4H3,(H,23,28). The Labute approximate surface area is 180 Å². The summed E-state index contributed by atoms with van der Waals surface area (Å²) >= 11 is 1.30. The van der Waals surface area contributed by atoms with Crippen LogP contribution in [0.4, 0.5) is 5.69 Å². The van der Waals surface area contributed by atoms with Crippen LogP contribution < -0.4 is 5.32 Å². The first-order chi connectivity index (χ1) is 14.3. The van der Waals surface area contributed by atoms with E-state index in [4.69, 9.17) is 0 Å². The second-order valence-corrected chi connectivity index (χ2v) is 8.08. The molecular formula is C22H25N5O2S. The molecule has 0 fully saturated rings. The van der Waals surface area contributed by atoms with E-state index < -0.39 is 0 Å². The molecule has 3 aromatic rings. The number of rotatable bonds is 7. The smallest absolute Gasteiger partial charge is 0.243 e. The number of aromatic nitrogens is 3. The zero-order valence-corrected chi connectivity index (χ0v) is 18.4. The number of amides is 2. The van der Waals surface area contributed by atoms with Gasteiger partial charge in [-0.05, 0) is 31.5 Å². The van der Waals surface area contributed by atoms with Gasteiger partial charge in [-0.3, -0.25) is 9.59 Å². The van der Waals surface area contributed by atoms with Crippen LogP contribution in [0.1, 0.15) is 11.1 Å². The molecule has 1 aromatic heterocycles. The van der Waals surface area contributed by atoms with E-state index in [1.54, 1.807) is 7.05 Å². The zero-order chi connectivity index (χ0) is 21.7. The van der Waals surface area contributed by atoms with Gasteiger partial charge in [-0.2, -0.15) is 0 Å². The average molecular weight is 424 g/mol. The largest absolute Gasteiger partial charge is 0.336 e. The number of hydrogen-bond acceptors (Lipinski definition) is 5. The Morgan fingerprint density at radius 1 is 1.07 bits per heavy atom. The highest BCUT2D eigenvalue weighted by molar-refractivity contribution is 7.99. The monoisotopic (exact) mass is 423 g/mol. The van der Waals surface area contributed by atoms with E-state index in [0.29, 0.717) is 10.8 Å². The number of aryl methyl sites for hydroxylation is 2. The lowest BCUT2D eigenvalue weighted by atomic mass is 10.1. The maximum absolute atomic E-state index is 12.5. The van der Waals surface area contributed by atoms with Crippen molar-refractivity contribution in [2.24, 2.45) is 7.05 Å². The summed E-state index contributed by atoms with van der Waals surface area (Å²) in [6.07, 6.45) is 0. The van der Waals surface area contributed by atoms with E-state index in [9.17, 15) is 9.59 Å². The van der Waals surface area contributed by atoms with Crippen LogP contribution in [-0.4, -0.2) is 50.8 Å². The molecule has 30 heavy (non-hydrogen) atoms. The van der Waals surface area contributed by atoms with Crippen molar-refractivity contribution in [2.45, 2.75) is 19.0 Å². The fourth-order valence-corrected chi connectivity index (χ4v) is 3.73. The first-order valence-corrected chi connectivity index (χ1v) is 10.5. The molecule has 8 heteroatoms. The van der Waals surface area contributed by atoms with Crippen molar-refractivity contribution in [2.75, 3.05) is 24.7 Å². The van der Waals surface area contributed by atoms with Crippen LogP contribution in [0.5, 0.6) is 0 Å². The van der Waals surface area contributed by atoms with E-state index in [2.05, 4.69) is 15.5 Å². The summed E-state index contributed by atoms with van der Waals surface area (Å²) < 4.78 is 1.88. The van der Waals surface area contributed by atoms with E-state index in [1.807, 2.05) is 74.0 Å². The molecule has 156 valence electrons. The minimum atomic E-state index is -0.236. The van der Waals surface area contributed by atoms with Crippen molar-refractivity contribution in [3.8, 4) is 11.4 Å². The second-order valence-electron chi connectivity index (χ2n) is 7.13. The number of hydrogen-bond donors (Lipinski definition) is 1. The fraction of sp³-hybridized carbons (Fsp3) is 0.273. The number of benzene rings is 2. The van der Waals surface area contributed by atoms with E-state index in [1.165, 1.54) is 16.7 Å². The lowest BCUT2D eigenvalue weighted by molar-refractivity contribution is -0.131. The summed E-state index contributed by atoms with van der Waals surface area (Å²) in [6, 6.07) is 15.5. The molecule has 0 unspecified atom stereocenters. The Hall–Kier alpha value is -3.13.